The Morgan fingerprint density at radius 2 is 2.11 bits per heavy atom. The van der Waals surface area contributed by atoms with E-state index in [1.807, 2.05) is 6.20 Å². The van der Waals surface area contributed by atoms with Crippen LogP contribution in [0.25, 0.3) is 22.2 Å². The molecule has 0 radical (unpaired) electrons. The number of fused-ring (bicyclic) bond motifs is 1. The van der Waals surface area contributed by atoms with Crippen LogP contribution >= 0.6 is 0 Å². The first-order chi connectivity index (χ1) is 8.68. The number of aliphatic carboxylic acids is 1. The van der Waals surface area contributed by atoms with E-state index in [0.717, 1.165) is 29.1 Å². The fraction of sp³-hybridized carbons (Fsp3) is 0.0909. The highest BCUT2D eigenvalue weighted by molar-refractivity contribution is 5.90. The maximum absolute atomic E-state index is 9.00. The average Bonchev–Trinajstić information content (AvgIpc) is 2.99. The number of aromatic nitrogens is 5. The van der Waals surface area contributed by atoms with Crippen LogP contribution in [-0.4, -0.2) is 36.2 Å². The fourth-order valence-corrected chi connectivity index (χ4v) is 1.47. The third kappa shape index (κ3) is 2.51. The van der Waals surface area contributed by atoms with Crippen molar-refractivity contribution in [1.82, 2.24) is 25.1 Å². The number of rotatable bonds is 1. The Hall–Kier alpha value is -2.70. The van der Waals surface area contributed by atoms with Crippen molar-refractivity contribution >= 4 is 17.0 Å². The zero-order valence-electron chi connectivity index (χ0n) is 9.58. The van der Waals surface area contributed by atoms with Gasteiger partial charge in [-0.15, -0.1) is 0 Å². The van der Waals surface area contributed by atoms with E-state index in [9.17, 15) is 0 Å². The van der Waals surface area contributed by atoms with Crippen molar-refractivity contribution in [2.24, 2.45) is 0 Å². The van der Waals surface area contributed by atoms with Crippen LogP contribution in [0.4, 0.5) is 0 Å². The third-order valence-corrected chi connectivity index (χ3v) is 2.14. The Morgan fingerprint density at radius 1 is 1.33 bits per heavy atom. The number of H-pyrrole nitrogens is 2. The van der Waals surface area contributed by atoms with Crippen LogP contribution in [0, 0.1) is 0 Å². The summed E-state index contributed by atoms with van der Waals surface area (Å²) in [6.45, 7) is 1.08. The fourth-order valence-electron chi connectivity index (χ4n) is 1.47. The summed E-state index contributed by atoms with van der Waals surface area (Å²) >= 11 is 0. The minimum Gasteiger partial charge on any atom is -0.481 e. The molecule has 3 rings (SSSR count). The monoisotopic (exact) mass is 245 g/mol. The maximum Gasteiger partial charge on any atom is 0.300 e. The van der Waals surface area contributed by atoms with Gasteiger partial charge in [0, 0.05) is 30.4 Å². The second-order valence-electron chi connectivity index (χ2n) is 3.49. The van der Waals surface area contributed by atoms with E-state index in [-0.39, 0.29) is 0 Å². The third-order valence-electron chi connectivity index (χ3n) is 2.14. The lowest BCUT2D eigenvalue weighted by molar-refractivity contribution is -0.134. The first-order valence-corrected chi connectivity index (χ1v) is 5.14. The topological polar surface area (TPSA) is 108 Å². The number of pyridine rings is 1. The van der Waals surface area contributed by atoms with Gasteiger partial charge in [-0.2, -0.15) is 5.10 Å². The molecule has 7 nitrogen and oxygen atoms in total. The van der Waals surface area contributed by atoms with E-state index in [1.54, 1.807) is 24.9 Å². The number of aromatic amines is 2. The Morgan fingerprint density at radius 3 is 2.78 bits per heavy atom. The van der Waals surface area contributed by atoms with E-state index < -0.39 is 5.97 Å². The molecule has 7 heteroatoms. The van der Waals surface area contributed by atoms with E-state index in [1.165, 1.54) is 0 Å². The largest absolute Gasteiger partial charge is 0.481 e. The van der Waals surface area contributed by atoms with Crippen molar-refractivity contribution in [2.45, 2.75) is 6.92 Å². The summed E-state index contributed by atoms with van der Waals surface area (Å²) in [6, 6.07) is 0. The lowest BCUT2D eigenvalue weighted by Crippen LogP contribution is -1.80. The van der Waals surface area contributed by atoms with Gasteiger partial charge in [-0.3, -0.25) is 14.9 Å². The Kier molecular flexibility index (Phi) is 3.33. The summed E-state index contributed by atoms with van der Waals surface area (Å²) in [7, 11) is 0. The minimum atomic E-state index is -0.833. The number of nitrogens with zero attached hydrogens (tertiary/aromatic N) is 3. The molecule has 0 aromatic carbocycles. The summed E-state index contributed by atoms with van der Waals surface area (Å²) < 4.78 is 0. The van der Waals surface area contributed by atoms with E-state index in [2.05, 4.69) is 25.1 Å². The molecule has 0 amide bonds. The molecule has 0 spiro atoms. The molecule has 0 aliphatic heterocycles. The summed E-state index contributed by atoms with van der Waals surface area (Å²) in [5.74, 6) is -0.833. The van der Waals surface area contributed by atoms with Gasteiger partial charge < -0.3 is 10.1 Å². The van der Waals surface area contributed by atoms with Crippen molar-refractivity contribution in [3.63, 3.8) is 0 Å². The van der Waals surface area contributed by atoms with Gasteiger partial charge in [0.1, 0.15) is 0 Å². The summed E-state index contributed by atoms with van der Waals surface area (Å²) in [5.41, 5.74) is 3.83. The summed E-state index contributed by atoms with van der Waals surface area (Å²) in [4.78, 5) is 20.4. The number of nitrogens with one attached hydrogen (secondary N) is 2. The molecule has 0 aliphatic rings. The predicted molar refractivity (Wildman–Crippen MR) is 64.8 cm³/mol. The Balaban J connectivity index is 0.000000267. The van der Waals surface area contributed by atoms with Crippen LogP contribution in [0.5, 0.6) is 0 Å². The molecule has 0 bridgehead atoms. The summed E-state index contributed by atoms with van der Waals surface area (Å²) in [5, 5.41) is 14.1. The molecule has 0 atom stereocenters. The number of carboxylic acid groups (broad SMARTS) is 1. The van der Waals surface area contributed by atoms with Gasteiger partial charge in [-0.1, -0.05) is 0 Å². The van der Waals surface area contributed by atoms with E-state index in [4.69, 9.17) is 9.90 Å². The molecule has 0 saturated carbocycles. The molecule has 3 aromatic heterocycles. The van der Waals surface area contributed by atoms with Crippen molar-refractivity contribution in [3.05, 3.63) is 31.1 Å². The highest BCUT2D eigenvalue weighted by atomic mass is 16.4. The van der Waals surface area contributed by atoms with Crippen molar-refractivity contribution in [3.8, 4) is 11.1 Å². The van der Waals surface area contributed by atoms with Gasteiger partial charge in [0.15, 0.2) is 0 Å². The van der Waals surface area contributed by atoms with Crippen LogP contribution < -0.4 is 0 Å². The molecule has 3 aromatic rings. The standard InChI is InChI=1S/C9H7N5.C2H4O2/c1-6(2-14-13-1)7-3-10-4-8-9(7)12-5-11-8;1-2(3)4/h1-5H,(H,11,12)(H,13,14);1H3,(H,3,4). The van der Waals surface area contributed by atoms with Crippen LogP contribution in [-0.2, 0) is 4.79 Å². The molecular formula is C11H11N5O2. The smallest absolute Gasteiger partial charge is 0.300 e. The second-order valence-corrected chi connectivity index (χ2v) is 3.49. The molecule has 0 fully saturated rings. The van der Waals surface area contributed by atoms with Crippen molar-refractivity contribution in [2.75, 3.05) is 0 Å². The van der Waals surface area contributed by atoms with Gasteiger partial charge in [0.05, 0.1) is 29.8 Å². The molecule has 3 heterocycles. The van der Waals surface area contributed by atoms with Crippen LogP contribution in [0.3, 0.4) is 0 Å². The Bertz CT molecular complexity index is 640. The first kappa shape index (κ1) is 11.8. The normalized spacial score (nSPS) is 9.83. The molecule has 18 heavy (non-hydrogen) atoms. The van der Waals surface area contributed by atoms with Crippen LogP contribution in [0.2, 0.25) is 0 Å². The molecule has 0 aliphatic carbocycles. The Labute approximate surface area is 102 Å². The first-order valence-electron chi connectivity index (χ1n) is 5.14. The van der Waals surface area contributed by atoms with Crippen LogP contribution in [0.1, 0.15) is 6.92 Å². The number of hydrogen-bond donors (Lipinski definition) is 3. The summed E-state index contributed by atoms with van der Waals surface area (Å²) in [6.07, 6.45) is 8.78. The van der Waals surface area contributed by atoms with Gasteiger partial charge in [0.25, 0.3) is 5.97 Å². The molecule has 0 saturated heterocycles. The molecule has 3 N–H and O–H groups in total. The average molecular weight is 245 g/mol. The zero-order chi connectivity index (χ0) is 13.0. The van der Waals surface area contributed by atoms with Gasteiger partial charge >= 0.3 is 0 Å². The van der Waals surface area contributed by atoms with Gasteiger partial charge in [-0.05, 0) is 0 Å². The van der Waals surface area contributed by atoms with Gasteiger partial charge in [-0.25, -0.2) is 4.98 Å². The lowest BCUT2D eigenvalue weighted by Gasteiger charge is -1.96. The van der Waals surface area contributed by atoms with Crippen molar-refractivity contribution in [1.29, 1.82) is 0 Å². The van der Waals surface area contributed by atoms with Crippen LogP contribution in [0.15, 0.2) is 31.1 Å². The highest BCUT2D eigenvalue weighted by Crippen LogP contribution is 2.23. The number of carbonyl (C=O) groups is 1. The quantitative estimate of drug-likeness (QED) is 0.601. The highest BCUT2D eigenvalue weighted by Gasteiger charge is 2.06. The van der Waals surface area contributed by atoms with Crippen molar-refractivity contribution < 1.29 is 9.90 Å². The molecule has 0 unspecified atom stereocenters. The predicted octanol–water partition coefficient (Wildman–Crippen LogP) is 1.44. The maximum atomic E-state index is 9.00. The van der Waals surface area contributed by atoms with Gasteiger partial charge in [0.2, 0.25) is 0 Å². The number of hydrogen-bond acceptors (Lipinski definition) is 4. The minimum absolute atomic E-state index is 0.833. The zero-order valence-corrected chi connectivity index (χ0v) is 9.58. The lowest BCUT2D eigenvalue weighted by atomic mass is 10.1. The second kappa shape index (κ2) is 5.09. The van der Waals surface area contributed by atoms with E-state index >= 15 is 0 Å². The SMILES string of the molecule is CC(=O)O.c1nc2c(-c3cn[nH]c3)cncc2[nH]1. The van der Waals surface area contributed by atoms with E-state index in [0.29, 0.717) is 0 Å². The number of carboxylic acids is 1. The molecule has 92 valence electrons. The number of imidazole rings is 1. The molecular weight excluding hydrogens is 234 g/mol.